The number of rotatable bonds is 1. The molecule has 0 amide bonds. The average molecular weight is 272 g/mol. The number of fused-ring (bicyclic) bond motifs is 1. The van der Waals surface area contributed by atoms with Crippen molar-refractivity contribution in [2.75, 3.05) is 18.5 Å². The Kier molecular flexibility index (Phi) is 4.90. The Bertz CT molecular complexity index is 517. The summed E-state index contributed by atoms with van der Waals surface area (Å²) in [5.74, 6) is 0.550. The number of benzene rings is 1. The lowest BCUT2D eigenvalue weighted by atomic mass is 10.0. The standard InChI is InChI=1S/C16H24N4/c1-11(2)16-9-19-15-8-13(4)12(3)7-14(15)18-6-5-17-10-20-16/h5-8,11,16,19-20H,9-10H2,1-4H3. The van der Waals surface area contributed by atoms with Gasteiger partial charge in [0.15, 0.2) is 0 Å². The molecule has 0 aliphatic carbocycles. The molecular weight excluding hydrogens is 248 g/mol. The van der Waals surface area contributed by atoms with Crippen LogP contribution in [0.15, 0.2) is 22.1 Å². The minimum Gasteiger partial charge on any atom is -0.382 e. The van der Waals surface area contributed by atoms with E-state index in [9.17, 15) is 0 Å². The summed E-state index contributed by atoms with van der Waals surface area (Å²) in [6.45, 7) is 10.2. The molecule has 20 heavy (non-hydrogen) atoms. The molecule has 0 saturated carbocycles. The lowest BCUT2D eigenvalue weighted by molar-refractivity contribution is 0.421. The first-order valence-electron chi connectivity index (χ1n) is 7.19. The second-order valence-corrected chi connectivity index (χ2v) is 5.66. The minimum atomic E-state index is 0.389. The van der Waals surface area contributed by atoms with Gasteiger partial charge in [-0.2, -0.15) is 0 Å². The van der Waals surface area contributed by atoms with Crippen LogP contribution in [0.2, 0.25) is 0 Å². The monoisotopic (exact) mass is 272 g/mol. The maximum Gasteiger partial charge on any atom is 0.0887 e. The summed E-state index contributed by atoms with van der Waals surface area (Å²) in [5, 5.41) is 6.98. The molecule has 2 rings (SSSR count). The quantitative estimate of drug-likeness (QED) is 0.825. The van der Waals surface area contributed by atoms with Crippen LogP contribution in [0, 0.1) is 19.8 Å². The number of hydrogen-bond donors (Lipinski definition) is 2. The molecule has 1 aromatic rings. The summed E-state index contributed by atoms with van der Waals surface area (Å²) in [7, 11) is 0. The Morgan fingerprint density at radius 3 is 2.65 bits per heavy atom. The SMILES string of the molecule is Cc1cc2c(cc1C)NCC(C(C)C)NCN=CC=N2. The Morgan fingerprint density at radius 2 is 1.90 bits per heavy atom. The van der Waals surface area contributed by atoms with Gasteiger partial charge in [0.25, 0.3) is 0 Å². The highest BCUT2D eigenvalue weighted by molar-refractivity contribution is 6.17. The zero-order valence-corrected chi connectivity index (χ0v) is 12.8. The van der Waals surface area contributed by atoms with E-state index >= 15 is 0 Å². The summed E-state index contributed by atoms with van der Waals surface area (Å²) in [6.07, 6.45) is 3.52. The van der Waals surface area contributed by atoms with E-state index in [2.05, 4.69) is 60.4 Å². The van der Waals surface area contributed by atoms with Crippen LogP contribution in [0.5, 0.6) is 0 Å². The van der Waals surface area contributed by atoms with E-state index in [-0.39, 0.29) is 0 Å². The Labute approximate surface area is 121 Å². The van der Waals surface area contributed by atoms with E-state index in [0.717, 1.165) is 17.9 Å². The fourth-order valence-electron chi connectivity index (χ4n) is 2.20. The van der Waals surface area contributed by atoms with Gasteiger partial charge in [-0.3, -0.25) is 15.3 Å². The lowest BCUT2D eigenvalue weighted by Gasteiger charge is -2.23. The number of hydrogen-bond acceptors (Lipinski definition) is 4. The molecule has 108 valence electrons. The summed E-state index contributed by atoms with van der Waals surface area (Å²) in [5.41, 5.74) is 4.60. The molecule has 1 unspecified atom stereocenters. The predicted molar refractivity (Wildman–Crippen MR) is 87.7 cm³/mol. The molecule has 1 aromatic carbocycles. The van der Waals surface area contributed by atoms with Crippen molar-refractivity contribution in [2.45, 2.75) is 33.7 Å². The van der Waals surface area contributed by atoms with Gasteiger partial charge in [-0.15, -0.1) is 0 Å². The van der Waals surface area contributed by atoms with Crippen LogP contribution in [0.25, 0.3) is 0 Å². The number of nitrogens with one attached hydrogen (secondary N) is 2. The molecule has 1 atom stereocenters. The van der Waals surface area contributed by atoms with Crippen LogP contribution in [-0.4, -0.2) is 31.7 Å². The van der Waals surface area contributed by atoms with Crippen molar-refractivity contribution in [2.24, 2.45) is 15.9 Å². The first kappa shape index (κ1) is 14.7. The predicted octanol–water partition coefficient (Wildman–Crippen LogP) is 3.07. The summed E-state index contributed by atoms with van der Waals surface area (Å²) < 4.78 is 0. The largest absolute Gasteiger partial charge is 0.382 e. The fourth-order valence-corrected chi connectivity index (χ4v) is 2.20. The van der Waals surface area contributed by atoms with Gasteiger partial charge < -0.3 is 5.32 Å². The molecule has 2 N–H and O–H groups in total. The molecule has 0 fully saturated rings. The zero-order chi connectivity index (χ0) is 14.5. The van der Waals surface area contributed by atoms with Gasteiger partial charge in [0.1, 0.15) is 0 Å². The first-order valence-corrected chi connectivity index (χ1v) is 7.19. The van der Waals surface area contributed by atoms with Gasteiger partial charge >= 0.3 is 0 Å². The van der Waals surface area contributed by atoms with Gasteiger partial charge in [-0.1, -0.05) is 13.8 Å². The molecule has 0 saturated heterocycles. The second-order valence-electron chi connectivity index (χ2n) is 5.66. The summed E-state index contributed by atoms with van der Waals surface area (Å²) in [6, 6.07) is 4.69. The molecular formula is C16H24N4. The van der Waals surface area contributed by atoms with E-state index in [1.807, 2.05) is 0 Å². The molecule has 1 heterocycles. The Hall–Kier alpha value is -1.68. The van der Waals surface area contributed by atoms with Crippen LogP contribution in [0.3, 0.4) is 0 Å². The van der Waals surface area contributed by atoms with Gasteiger partial charge in [0.2, 0.25) is 0 Å². The van der Waals surface area contributed by atoms with Crippen LogP contribution in [0.1, 0.15) is 25.0 Å². The van der Waals surface area contributed by atoms with Crippen molar-refractivity contribution >= 4 is 23.8 Å². The molecule has 0 radical (unpaired) electrons. The molecule has 0 spiro atoms. The van der Waals surface area contributed by atoms with Crippen molar-refractivity contribution in [1.82, 2.24) is 5.32 Å². The smallest absolute Gasteiger partial charge is 0.0887 e. The zero-order valence-electron chi connectivity index (χ0n) is 12.8. The topological polar surface area (TPSA) is 48.8 Å². The Morgan fingerprint density at radius 1 is 1.15 bits per heavy atom. The molecule has 0 bridgehead atoms. The van der Waals surface area contributed by atoms with Gasteiger partial charge in [0.05, 0.1) is 18.0 Å². The van der Waals surface area contributed by atoms with Crippen LogP contribution in [-0.2, 0) is 0 Å². The van der Waals surface area contributed by atoms with E-state index in [1.165, 1.54) is 11.1 Å². The minimum absolute atomic E-state index is 0.389. The Balaban J connectivity index is 2.32. The molecule has 4 heteroatoms. The molecule has 1 aliphatic rings. The third-order valence-corrected chi connectivity index (χ3v) is 3.76. The van der Waals surface area contributed by atoms with Crippen molar-refractivity contribution < 1.29 is 0 Å². The third kappa shape index (κ3) is 3.67. The first-order chi connectivity index (χ1) is 9.58. The third-order valence-electron chi connectivity index (χ3n) is 3.76. The van der Waals surface area contributed by atoms with E-state index < -0.39 is 0 Å². The van der Waals surface area contributed by atoms with Crippen LogP contribution < -0.4 is 10.6 Å². The fraction of sp³-hybridized carbons (Fsp3) is 0.500. The molecule has 0 aromatic heterocycles. The van der Waals surface area contributed by atoms with Gasteiger partial charge in [0, 0.05) is 25.0 Å². The normalized spacial score (nSPS) is 19.4. The van der Waals surface area contributed by atoms with E-state index in [1.54, 1.807) is 12.4 Å². The van der Waals surface area contributed by atoms with E-state index in [4.69, 9.17) is 0 Å². The highest BCUT2D eigenvalue weighted by atomic mass is 15.1. The van der Waals surface area contributed by atoms with Crippen LogP contribution >= 0.6 is 0 Å². The van der Waals surface area contributed by atoms with Gasteiger partial charge in [-0.05, 0) is 43.0 Å². The highest BCUT2D eigenvalue weighted by Gasteiger charge is 2.13. The van der Waals surface area contributed by atoms with Crippen molar-refractivity contribution in [3.63, 3.8) is 0 Å². The number of nitrogens with zero attached hydrogens (tertiary/aromatic N) is 2. The van der Waals surface area contributed by atoms with Crippen molar-refractivity contribution in [3.05, 3.63) is 23.3 Å². The van der Waals surface area contributed by atoms with Crippen molar-refractivity contribution in [1.29, 1.82) is 0 Å². The van der Waals surface area contributed by atoms with E-state index in [0.29, 0.717) is 18.6 Å². The summed E-state index contributed by atoms with van der Waals surface area (Å²) in [4.78, 5) is 8.80. The molecule has 4 nitrogen and oxygen atoms in total. The molecule has 1 aliphatic heterocycles. The van der Waals surface area contributed by atoms with Gasteiger partial charge in [-0.25, -0.2) is 0 Å². The van der Waals surface area contributed by atoms with Crippen LogP contribution in [0.4, 0.5) is 11.4 Å². The maximum absolute atomic E-state index is 4.50. The lowest BCUT2D eigenvalue weighted by Crippen LogP contribution is -2.39. The van der Waals surface area contributed by atoms with Crippen molar-refractivity contribution in [3.8, 4) is 0 Å². The summed E-state index contributed by atoms with van der Waals surface area (Å²) >= 11 is 0. The maximum atomic E-state index is 4.50. The number of aliphatic imine (C=N–C) groups is 2. The average Bonchev–Trinajstić information content (AvgIpc) is 2.44. The number of anilines is 1. The number of aryl methyl sites for hydroxylation is 2. The second kappa shape index (κ2) is 6.66. The highest BCUT2D eigenvalue weighted by Crippen LogP contribution is 2.28.